The highest BCUT2D eigenvalue weighted by Crippen LogP contribution is 2.22. The molecule has 0 saturated carbocycles. The summed E-state index contributed by atoms with van der Waals surface area (Å²) in [5, 5.41) is 2.99. The molecule has 88 valence electrons. The highest BCUT2D eigenvalue weighted by molar-refractivity contribution is 5.77. The average Bonchev–Trinajstić information content (AvgIpc) is 2.31. The smallest absolute Gasteiger partial charge is 0.220 e. The van der Waals surface area contributed by atoms with E-state index in [0.29, 0.717) is 6.42 Å². The van der Waals surface area contributed by atoms with Crippen molar-refractivity contribution in [1.82, 2.24) is 5.32 Å². The van der Waals surface area contributed by atoms with Gasteiger partial charge < -0.3 is 5.32 Å². The summed E-state index contributed by atoms with van der Waals surface area (Å²) < 4.78 is 0. The molecule has 1 aliphatic rings. The molecule has 1 heterocycles. The largest absolute Gasteiger partial charge is 0.349 e. The molecule has 1 N–H and O–H groups in total. The van der Waals surface area contributed by atoms with E-state index in [4.69, 9.17) is 0 Å². The maximum atomic E-state index is 11.1. The van der Waals surface area contributed by atoms with Crippen LogP contribution in [0.5, 0.6) is 0 Å². The minimum Gasteiger partial charge on any atom is -0.349 e. The van der Waals surface area contributed by atoms with Gasteiger partial charge in [-0.05, 0) is 18.4 Å². The summed E-state index contributed by atoms with van der Waals surface area (Å²) in [5.74, 6) is 0.181. The lowest BCUT2D eigenvalue weighted by Crippen LogP contribution is -2.32. The van der Waals surface area contributed by atoms with E-state index in [1.165, 1.54) is 12.0 Å². The molecule has 0 aliphatic carbocycles. The summed E-state index contributed by atoms with van der Waals surface area (Å²) in [6.45, 7) is 4.25. The molecule has 1 amide bonds. The second-order valence-electron chi connectivity index (χ2n) is 4.13. The van der Waals surface area contributed by atoms with Crippen LogP contribution in [-0.2, 0) is 4.79 Å². The van der Waals surface area contributed by atoms with E-state index in [1.807, 2.05) is 18.2 Å². The predicted molar refractivity (Wildman–Crippen MR) is 67.1 cm³/mol. The van der Waals surface area contributed by atoms with E-state index < -0.39 is 0 Å². The molecule has 0 spiro atoms. The predicted octanol–water partition coefficient (Wildman–Crippen LogP) is 3.44. The van der Waals surface area contributed by atoms with Crippen molar-refractivity contribution in [3.8, 4) is 0 Å². The van der Waals surface area contributed by atoms with E-state index in [-0.39, 0.29) is 11.9 Å². The molecule has 2 heteroatoms. The van der Waals surface area contributed by atoms with Gasteiger partial charge in [0, 0.05) is 6.42 Å². The van der Waals surface area contributed by atoms with Crippen LogP contribution in [0, 0.1) is 0 Å². The van der Waals surface area contributed by atoms with Crippen LogP contribution in [0.4, 0.5) is 0 Å². The monoisotopic (exact) mass is 219 g/mol. The van der Waals surface area contributed by atoms with Crippen LogP contribution >= 0.6 is 0 Å². The molecule has 1 fully saturated rings. The van der Waals surface area contributed by atoms with E-state index in [0.717, 1.165) is 12.8 Å². The van der Waals surface area contributed by atoms with E-state index >= 15 is 0 Å². The Labute approximate surface area is 98.1 Å². The van der Waals surface area contributed by atoms with Gasteiger partial charge in [-0.3, -0.25) is 4.79 Å². The number of hydrogen-bond acceptors (Lipinski definition) is 1. The molecule has 1 aromatic carbocycles. The Hall–Kier alpha value is -1.31. The van der Waals surface area contributed by atoms with Gasteiger partial charge >= 0.3 is 0 Å². The Bertz CT molecular complexity index is 308. The first-order valence-corrected chi connectivity index (χ1v) is 6.12. The third kappa shape index (κ3) is 4.05. The lowest BCUT2D eigenvalue weighted by molar-refractivity contribution is -0.123. The van der Waals surface area contributed by atoms with Crippen LogP contribution in [-0.4, -0.2) is 5.91 Å². The van der Waals surface area contributed by atoms with Crippen molar-refractivity contribution in [1.29, 1.82) is 0 Å². The molecule has 0 radical (unpaired) electrons. The van der Waals surface area contributed by atoms with Gasteiger partial charge in [-0.15, -0.1) is 0 Å². The highest BCUT2D eigenvalue weighted by atomic mass is 16.1. The molecule has 1 unspecified atom stereocenters. The molecule has 1 atom stereocenters. The van der Waals surface area contributed by atoms with Crippen LogP contribution in [0.15, 0.2) is 30.3 Å². The number of rotatable bonds is 1. The Morgan fingerprint density at radius 3 is 2.44 bits per heavy atom. The summed E-state index contributed by atoms with van der Waals surface area (Å²) in [6.07, 6.45) is 4.00. The molecule has 0 aromatic heterocycles. The van der Waals surface area contributed by atoms with Gasteiger partial charge in [0.2, 0.25) is 5.91 Å². The van der Waals surface area contributed by atoms with Gasteiger partial charge in [0.15, 0.2) is 0 Å². The van der Waals surface area contributed by atoms with Crippen LogP contribution < -0.4 is 5.32 Å². The second-order valence-corrected chi connectivity index (χ2v) is 4.13. The van der Waals surface area contributed by atoms with Crippen molar-refractivity contribution in [3.63, 3.8) is 0 Å². The first-order chi connectivity index (χ1) is 7.77. The Morgan fingerprint density at radius 2 is 1.88 bits per heavy atom. The summed E-state index contributed by atoms with van der Waals surface area (Å²) in [6, 6.07) is 10.4. The number of benzene rings is 1. The molecule has 1 aromatic rings. The zero-order valence-corrected chi connectivity index (χ0v) is 10.2. The van der Waals surface area contributed by atoms with Crippen LogP contribution in [0.2, 0.25) is 0 Å². The van der Waals surface area contributed by atoms with Crippen molar-refractivity contribution >= 4 is 5.91 Å². The number of carbonyl (C=O) groups excluding carboxylic acids is 1. The molecular weight excluding hydrogens is 198 g/mol. The van der Waals surface area contributed by atoms with Crippen LogP contribution in [0.25, 0.3) is 0 Å². The Kier molecular flexibility index (Phi) is 5.62. The first-order valence-electron chi connectivity index (χ1n) is 6.12. The summed E-state index contributed by atoms with van der Waals surface area (Å²) in [5.41, 5.74) is 1.22. The van der Waals surface area contributed by atoms with E-state index in [2.05, 4.69) is 31.3 Å². The van der Waals surface area contributed by atoms with Gasteiger partial charge in [-0.1, -0.05) is 50.6 Å². The van der Waals surface area contributed by atoms with Crippen molar-refractivity contribution in [2.24, 2.45) is 0 Å². The maximum absolute atomic E-state index is 11.1. The lowest BCUT2D eigenvalue weighted by atomic mass is 9.97. The van der Waals surface area contributed by atoms with Crippen molar-refractivity contribution in [3.05, 3.63) is 35.9 Å². The topological polar surface area (TPSA) is 29.1 Å². The lowest BCUT2D eigenvalue weighted by Gasteiger charge is -2.23. The third-order valence-electron chi connectivity index (χ3n) is 2.43. The highest BCUT2D eigenvalue weighted by Gasteiger charge is 2.18. The summed E-state index contributed by atoms with van der Waals surface area (Å²) in [7, 11) is 0. The number of carbonyl (C=O) groups is 1. The number of amides is 1. The number of hydrogen-bond donors (Lipinski definition) is 1. The normalized spacial score (nSPS) is 19.4. The minimum atomic E-state index is 0.181. The zero-order valence-electron chi connectivity index (χ0n) is 10.2. The number of nitrogens with one attached hydrogen (secondary N) is 1. The minimum absolute atomic E-state index is 0.181. The zero-order chi connectivity index (χ0) is 11.8. The summed E-state index contributed by atoms with van der Waals surface area (Å²) in [4.78, 5) is 11.1. The van der Waals surface area contributed by atoms with Crippen LogP contribution in [0.1, 0.15) is 51.1 Å². The van der Waals surface area contributed by atoms with Gasteiger partial charge in [-0.2, -0.15) is 0 Å². The maximum Gasteiger partial charge on any atom is 0.220 e. The van der Waals surface area contributed by atoms with Gasteiger partial charge in [0.05, 0.1) is 6.04 Å². The molecule has 16 heavy (non-hydrogen) atoms. The van der Waals surface area contributed by atoms with Crippen LogP contribution in [0.3, 0.4) is 0 Å². The fraction of sp³-hybridized carbons (Fsp3) is 0.500. The summed E-state index contributed by atoms with van der Waals surface area (Å²) >= 11 is 0. The molecule has 0 bridgehead atoms. The quantitative estimate of drug-likeness (QED) is 0.770. The van der Waals surface area contributed by atoms with Crippen molar-refractivity contribution in [2.45, 2.75) is 45.6 Å². The molecule has 1 aliphatic heterocycles. The van der Waals surface area contributed by atoms with E-state index in [1.54, 1.807) is 0 Å². The van der Waals surface area contributed by atoms with Crippen molar-refractivity contribution < 1.29 is 4.79 Å². The Balaban J connectivity index is 0.000000386. The van der Waals surface area contributed by atoms with Gasteiger partial charge in [-0.25, -0.2) is 0 Å². The molecule has 1 saturated heterocycles. The van der Waals surface area contributed by atoms with Gasteiger partial charge in [0.25, 0.3) is 0 Å². The SMILES string of the molecule is CCC.O=C1CCCC(c2ccccc2)N1. The molecule has 2 rings (SSSR count). The molecule has 2 nitrogen and oxygen atoms in total. The Morgan fingerprint density at radius 1 is 1.25 bits per heavy atom. The van der Waals surface area contributed by atoms with Gasteiger partial charge in [0.1, 0.15) is 0 Å². The van der Waals surface area contributed by atoms with Crippen molar-refractivity contribution in [2.75, 3.05) is 0 Å². The second kappa shape index (κ2) is 7.04. The number of piperidine rings is 1. The van der Waals surface area contributed by atoms with E-state index in [9.17, 15) is 4.79 Å². The fourth-order valence-corrected chi connectivity index (χ4v) is 1.74. The molecular formula is C14H21NO. The fourth-order valence-electron chi connectivity index (χ4n) is 1.74. The average molecular weight is 219 g/mol. The third-order valence-corrected chi connectivity index (χ3v) is 2.43. The first kappa shape index (κ1) is 12.8. The standard InChI is InChI=1S/C11H13NO.C3H8/c13-11-8-4-7-10(12-11)9-5-2-1-3-6-9;1-3-2/h1-3,5-6,10H,4,7-8H2,(H,12,13);3H2,1-2H3.